The molecule has 0 radical (unpaired) electrons. The molecule has 0 saturated carbocycles. The van der Waals surface area contributed by atoms with Crippen LogP contribution in [-0.2, 0) is 5.41 Å². The van der Waals surface area contributed by atoms with Gasteiger partial charge in [-0.2, -0.15) is 0 Å². The highest BCUT2D eigenvalue weighted by molar-refractivity contribution is 6.11. The zero-order valence-electron chi connectivity index (χ0n) is 31.2. The van der Waals surface area contributed by atoms with Gasteiger partial charge in [0.15, 0.2) is 5.82 Å². The van der Waals surface area contributed by atoms with Crippen LogP contribution in [-0.4, -0.2) is 14.5 Å². The van der Waals surface area contributed by atoms with E-state index >= 15 is 0 Å². The Bertz CT molecular complexity index is 3040. The molecule has 2 heterocycles. The Morgan fingerprint density at radius 1 is 0.411 bits per heavy atom. The highest BCUT2D eigenvalue weighted by atomic mass is 15.1. The van der Waals surface area contributed by atoms with Crippen LogP contribution in [0.15, 0.2) is 188 Å². The van der Waals surface area contributed by atoms with Crippen LogP contribution in [0, 0.1) is 0 Å². The van der Waals surface area contributed by atoms with Crippen LogP contribution in [0.3, 0.4) is 0 Å². The van der Waals surface area contributed by atoms with E-state index in [1.165, 1.54) is 66.1 Å². The number of rotatable bonds is 5. The van der Waals surface area contributed by atoms with Crippen molar-refractivity contribution in [3.8, 4) is 61.8 Å². The van der Waals surface area contributed by atoms with Crippen LogP contribution in [0.25, 0.3) is 94.4 Å². The van der Waals surface area contributed by atoms with Gasteiger partial charge < -0.3 is 0 Å². The first-order valence-corrected chi connectivity index (χ1v) is 19.3. The Morgan fingerprint density at radius 2 is 0.964 bits per heavy atom. The minimum Gasteiger partial charge on any atom is -0.294 e. The number of nitrogens with zero attached hydrogens (tertiary/aromatic N) is 3. The van der Waals surface area contributed by atoms with Crippen LogP contribution in [0.5, 0.6) is 0 Å². The molecule has 1 aliphatic carbocycles. The van der Waals surface area contributed by atoms with E-state index in [-0.39, 0.29) is 5.41 Å². The van der Waals surface area contributed by atoms with Gasteiger partial charge in [0.1, 0.15) is 5.82 Å². The van der Waals surface area contributed by atoms with E-state index in [1.807, 2.05) is 6.07 Å². The van der Waals surface area contributed by atoms with Gasteiger partial charge >= 0.3 is 0 Å². The van der Waals surface area contributed by atoms with Crippen molar-refractivity contribution < 1.29 is 0 Å². The summed E-state index contributed by atoms with van der Waals surface area (Å²) in [6.45, 7) is 4.70. The second kappa shape index (κ2) is 12.5. The van der Waals surface area contributed by atoms with E-state index in [1.54, 1.807) is 0 Å². The van der Waals surface area contributed by atoms with Crippen LogP contribution in [0.1, 0.15) is 25.0 Å². The van der Waals surface area contributed by atoms with Gasteiger partial charge in [0.25, 0.3) is 0 Å². The van der Waals surface area contributed by atoms with E-state index in [4.69, 9.17) is 9.97 Å². The third-order valence-electron chi connectivity index (χ3n) is 11.8. The molecule has 264 valence electrons. The van der Waals surface area contributed by atoms with Gasteiger partial charge in [-0.25, -0.2) is 9.97 Å². The molecule has 0 unspecified atom stereocenters. The number of aromatic nitrogens is 3. The van der Waals surface area contributed by atoms with Crippen molar-refractivity contribution in [3.05, 3.63) is 199 Å². The molecule has 10 aromatic rings. The highest BCUT2D eigenvalue weighted by Gasteiger charge is 2.37. The number of fused-ring (bicyclic) bond motifs is 7. The third-order valence-corrected chi connectivity index (χ3v) is 11.8. The summed E-state index contributed by atoms with van der Waals surface area (Å²) in [4.78, 5) is 10.8. The summed E-state index contributed by atoms with van der Waals surface area (Å²) in [5, 5.41) is 4.88. The quantitative estimate of drug-likeness (QED) is 0.178. The van der Waals surface area contributed by atoms with Crippen molar-refractivity contribution in [1.82, 2.24) is 14.5 Å². The number of hydrogen-bond donors (Lipinski definition) is 0. The summed E-state index contributed by atoms with van der Waals surface area (Å²) in [7, 11) is 0. The minimum atomic E-state index is -0.164. The van der Waals surface area contributed by atoms with Crippen molar-refractivity contribution in [2.75, 3.05) is 0 Å². The molecule has 11 rings (SSSR count). The fourth-order valence-corrected chi connectivity index (χ4v) is 8.98. The summed E-state index contributed by atoms with van der Waals surface area (Å²) >= 11 is 0. The average Bonchev–Trinajstić information content (AvgIpc) is 3.70. The summed E-state index contributed by atoms with van der Waals surface area (Å²) in [5.74, 6) is 1.53. The van der Waals surface area contributed by atoms with Gasteiger partial charge in [-0.1, -0.05) is 159 Å². The molecule has 3 nitrogen and oxygen atoms in total. The molecule has 0 N–H and O–H groups in total. The molecule has 0 atom stereocenters. The molecular formula is C53H37N3. The maximum Gasteiger partial charge on any atom is 0.162 e. The largest absolute Gasteiger partial charge is 0.294 e. The summed E-state index contributed by atoms with van der Waals surface area (Å²) < 4.78 is 2.33. The van der Waals surface area contributed by atoms with Gasteiger partial charge in [0.2, 0.25) is 0 Å². The molecule has 0 spiro atoms. The minimum absolute atomic E-state index is 0.164. The standard InChI is InChI=1S/C53H37N3/c1-53(2)45-24-14-23-41(51(45)44-31-37-21-12-13-22-38(37)32-46(44)53)47-33-50(55-52(54-47)36-19-10-5-11-20-36)56-48-27-25-39(34-15-6-3-7-16-34)29-42(48)43-30-40(26-28-49(43)56)35-17-8-4-9-18-35/h3-33H,1-2H3. The Labute approximate surface area is 326 Å². The fourth-order valence-electron chi connectivity index (χ4n) is 8.98. The van der Waals surface area contributed by atoms with Crippen LogP contribution in [0.4, 0.5) is 0 Å². The monoisotopic (exact) mass is 715 g/mol. The molecule has 0 saturated heterocycles. The van der Waals surface area contributed by atoms with Crippen molar-refractivity contribution in [2.24, 2.45) is 0 Å². The smallest absolute Gasteiger partial charge is 0.162 e. The molecule has 0 aliphatic heterocycles. The molecule has 3 heteroatoms. The van der Waals surface area contributed by atoms with Crippen LogP contribution >= 0.6 is 0 Å². The van der Waals surface area contributed by atoms with Gasteiger partial charge in [0.05, 0.1) is 16.7 Å². The van der Waals surface area contributed by atoms with Gasteiger partial charge in [-0.3, -0.25) is 4.57 Å². The fraction of sp³-hybridized carbons (Fsp3) is 0.0566. The molecule has 1 aliphatic rings. The van der Waals surface area contributed by atoms with Crippen LogP contribution < -0.4 is 0 Å². The van der Waals surface area contributed by atoms with Crippen LogP contribution in [0.2, 0.25) is 0 Å². The van der Waals surface area contributed by atoms with E-state index in [9.17, 15) is 0 Å². The van der Waals surface area contributed by atoms with Crippen molar-refractivity contribution in [1.29, 1.82) is 0 Å². The Hall–Kier alpha value is -7.10. The molecule has 2 aromatic heterocycles. The topological polar surface area (TPSA) is 30.7 Å². The van der Waals surface area contributed by atoms with Crippen molar-refractivity contribution >= 4 is 32.6 Å². The van der Waals surface area contributed by atoms with E-state index in [2.05, 4.69) is 200 Å². The molecule has 0 bridgehead atoms. The van der Waals surface area contributed by atoms with Crippen molar-refractivity contribution in [2.45, 2.75) is 19.3 Å². The zero-order chi connectivity index (χ0) is 37.4. The lowest BCUT2D eigenvalue weighted by Crippen LogP contribution is -2.14. The Morgan fingerprint density at radius 3 is 1.57 bits per heavy atom. The molecule has 8 aromatic carbocycles. The number of hydrogen-bond acceptors (Lipinski definition) is 2. The first-order chi connectivity index (χ1) is 27.5. The maximum absolute atomic E-state index is 5.39. The SMILES string of the molecule is CC1(C)c2cc3ccccc3cc2-c2c(-c3cc(-n4c5ccc(-c6ccccc6)cc5c5cc(-c6ccccc6)ccc54)nc(-c4ccccc4)n3)cccc21. The van der Waals surface area contributed by atoms with Gasteiger partial charge in [-0.05, 0) is 91.7 Å². The summed E-state index contributed by atoms with van der Waals surface area (Å²) in [5.41, 5.74) is 15.0. The first kappa shape index (κ1) is 32.3. The first-order valence-electron chi connectivity index (χ1n) is 19.3. The van der Waals surface area contributed by atoms with Crippen molar-refractivity contribution in [3.63, 3.8) is 0 Å². The number of benzene rings is 8. The lowest BCUT2D eigenvalue weighted by molar-refractivity contribution is 0.661. The molecule has 56 heavy (non-hydrogen) atoms. The normalized spacial score (nSPS) is 13.0. The predicted molar refractivity (Wildman–Crippen MR) is 233 cm³/mol. The van der Waals surface area contributed by atoms with E-state index in [0.29, 0.717) is 5.82 Å². The van der Waals surface area contributed by atoms with Gasteiger partial charge in [-0.15, -0.1) is 0 Å². The zero-order valence-corrected chi connectivity index (χ0v) is 31.2. The second-order valence-corrected chi connectivity index (χ2v) is 15.4. The Kier molecular flexibility index (Phi) is 7.20. The summed E-state index contributed by atoms with van der Waals surface area (Å²) in [6.07, 6.45) is 0. The third kappa shape index (κ3) is 5.05. The average molecular weight is 716 g/mol. The van der Waals surface area contributed by atoms with Gasteiger partial charge in [0, 0.05) is 33.4 Å². The van der Waals surface area contributed by atoms with E-state index < -0.39 is 0 Å². The lowest BCUT2D eigenvalue weighted by Gasteiger charge is -2.22. The predicted octanol–water partition coefficient (Wildman–Crippen LogP) is 13.7. The molecule has 0 amide bonds. The summed E-state index contributed by atoms with van der Waals surface area (Å²) in [6, 6.07) is 67.7. The molecular weight excluding hydrogens is 679 g/mol. The lowest BCUT2D eigenvalue weighted by atomic mass is 9.81. The maximum atomic E-state index is 5.39. The molecule has 0 fully saturated rings. The highest BCUT2D eigenvalue weighted by Crippen LogP contribution is 2.53. The van der Waals surface area contributed by atoms with E-state index in [0.717, 1.165) is 33.7 Å². The second-order valence-electron chi connectivity index (χ2n) is 15.4. The Balaban J connectivity index is 1.19.